The van der Waals surface area contributed by atoms with Gasteiger partial charge in [0.15, 0.2) is 0 Å². The summed E-state index contributed by atoms with van der Waals surface area (Å²) < 4.78 is 5.30. The van der Waals surface area contributed by atoms with Gasteiger partial charge in [-0.15, -0.1) is 0 Å². The van der Waals surface area contributed by atoms with Crippen molar-refractivity contribution in [3.8, 4) is 0 Å². The van der Waals surface area contributed by atoms with Crippen LogP contribution in [0.4, 0.5) is 0 Å². The molecule has 4 saturated carbocycles. The van der Waals surface area contributed by atoms with Crippen molar-refractivity contribution in [3.05, 3.63) is 12.2 Å². The van der Waals surface area contributed by atoms with E-state index >= 15 is 0 Å². The van der Waals surface area contributed by atoms with Gasteiger partial charge in [0.1, 0.15) is 0 Å². The molecule has 4 aliphatic rings. The summed E-state index contributed by atoms with van der Waals surface area (Å²) in [5.41, 5.74) is 1.08. The molecule has 4 fully saturated rings. The summed E-state index contributed by atoms with van der Waals surface area (Å²) in [5, 5.41) is 0. The summed E-state index contributed by atoms with van der Waals surface area (Å²) >= 11 is 0. The Morgan fingerprint density at radius 3 is 2.15 bits per heavy atom. The molecule has 0 saturated heterocycles. The van der Waals surface area contributed by atoms with Crippen molar-refractivity contribution in [1.29, 1.82) is 0 Å². The van der Waals surface area contributed by atoms with Crippen LogP contribution in [0.3, 0.4) is 0 Å². The minimum Gasteiger partial charge on any atom is -0.462 e. The number of hydrogen-bond donors (Lipinski definition) is 0. The van der Waals surface area contributed by atoms with E-state index in [0.29, 0.717) is 17.9 Å². The van der Waals surface area contributed by atoms with Gasteiger partial charge >= 0.3 is 5.97 Å². The average molecular weight is 276 g/mol. The molecular formula is C18H28O2. The molecule has 0 aromatic carbocycles. The molecule has 1 unspecified atom stereocenters. The number of carbonyl (C=O) groups is 1. The van der Waals surface area contributed by atoms with Crippen LogP contribution < -0.4 is 0 Å². The largest absolute Gasteiger partial charge is 0.462 e. The molecule has 0 aliphatic heterocycles. The summed E-state index contributed by atoms with van der Waals surface area (Å²) in [6.07, 6.45) is 9.17. The van der Waals surface area contributed by atoms with Crippen LogP contribution in [0.2, 0.25) is 0 Å². The van der Waals surface area contributed by atoms with Gasteiger partial charge in [-0.3, -0.25) is 0 Å². The molecule has 0 heterocycles. The maximum atomic E-state index is 12.1. The Bertz CT molecular complexity index is 374. The lowest BCUT2D eigenvalue weighted by atomic mass is 9.46. The molecule has 0 aromatic heterocycles. The molecule has 2 nitrogen and oxygen atoms in total. The van der Waals surface area contributed by atoms with Crippen LogP contribution in [0.25, 0.3) is 0 Å². The molecule has 4 aliphatic carbocycles. The first kappa shape index (κ1) is 14.2. The summed E-state index contributed by atoms with van der Waals surface area (Å²) in [4.78, 5) is 12.1. The van der Waals surface area contributed by atoms with Crippen molar-refractivity contribution in [1.82, 2.24) is 0 Å². The van der Waals surface area contributed by atoms with E-state index in [4.69, 9.17) is 4.74 Å². The fourth-order valence-electron chi connectivity index (χ4n) is 5.54. The van der Waals surface area contributed by atoms with E-state index in [1.54, 1.807) is 0 Å². The van der Waals surface area contributed by atoms with Crippen molar-refractivity contribution in [2.24, 2.45) is 29.1 Å². The topological polar surface area (TPSA) is 26.3 Å². The molecule has 4 rings (SSSR count). The predicted molar refractivity (Wildman–Crippen MR) is 80.2 cm³/mol. The Morgan fingerprint density at radius 1 is 1.20 bits per heavy atom. The van der Waals surface area contributed by atoms with Crippen LogP contribution in [-0.4, -0.2) is 12.6 Å². The Kier molecular flexibility index (Phi) is 3.68. The first-order valence-corrected chi connectivity index (χ1v) is 8.40. The highest BCUT2D eigenvalue weighted by atomic mass is 16.5. The van der Waals surface area contributed by atoms with E-state index in [1.807, 2.05) is 6.92 Å². The van der Waals surface area contributed by atoms with Gasteiger partial charge in [0.25, 0.3) is 0 Å². The minimum atomic E-state index is -0.157. The number of ether oxygens (including phenoxy) is 1. The monoisotopic (exact) mass is 276 g/mol. The van der Waals surface area contributed by atoms with Crippen molar-refractivity contribution < 1.29 is 9.53 Å². The minimum absolute atomic E-state index is 0.157. The van der Waals surface area contributed by atoms with E-state index < -0.39 is 0 Å². The summed E-state index contributed by atoms with van der Waals surface area (Å²) in [6, 6.07) is 0. The molecule has 4 bridgehead atoms. The second-order valence-electron chi connectivity index (χ2n) is 7.66. The average Bonchev–Trinajstić information content (AvgIpc) is 2.41. The van der Waals surface area contributed by atoms with E-state index in [-0.39, 0.29) is 5.97 Å². The molecule has 0 spiro atoms. The van der Waals surface area contributed by atoms with E-state index in [1.165, 1.54) is 38.5 Å². The number of hydrogen-bond acceptors (Lipinski definition) is 2. The Balaban J connectivity index is 1.71. The van der Waals surface area contributed by atoms with Crippen LogP contribution in [0, 0.1) is 29.1 Å². The lowest BCUT2D eigenvalue weighted by molar-refractivity contribution is -0.141. The number of esters is 1. The third-order valence-electron chi connectivity index (χ3n) is 6.23. The van der Waals surface area contributed by atoms with Gasteiger partial charge in [0, 0.05) is 5.57 Å². The molecule has 112 valence electrons. The van der Waals surface area contributed by atoms with Gasteiger partial charge in [-0.1, -0.05) is 20.4 Å². The molecule has 0 N–H and O–H groups in total. The van der Waals surface area contributed by atoms with Gasteiger partial charge in [-0.05, 0) is 74.0 Å². The zero-order valence-electron chi connectivity index (χ0n) is 13.0. The first-order valence-electron chi connectivity index (χ1n) is 8.40. The molecule has 0 radical (unpaired) electrons. The third-order valence-corrected chi connectivity index (χ3v) is 6.23. The number of rotatable bonds is 5. The molecular weight excluding hydrogens is 248 g/mol. The molecule has 2 heteroatoms. The van der Waals surface area contributed by atoms with Crippen molar-refractivity contribution >= 4 is 5.97 Å². The smallest absolute Gasteiger partial charge is 0.333 e. The van der Waals surface area contributed by atoms with Crippen molar-refractivity contribution in [2.75, 3.05) is 6.61 Å². The first-order chi connectivity index (χ1) is 9.54. The van der Waals surface area contributed by atoms with Crippen LogP contribution >= 0.6 is 0 Å². The van der Waals surface area contributed by atoms with Crippen LogP contribution in [0.5, 0.6) is 0 Å². The van der Waals surface area contributed by atoms with E-state index in [0.717, 1.165) is 29.7 Å². The highest BCUT2D eigenvalue weighted by molar-refractivity contribution is 5.88. The van der Waals surface area contributed by atoms with Gasteiger partial charge in [0.05, 0.1) is 6.61 Å². The normalized spacial score (nSPS) is 39.6. The van der Waals surface area contributed by atoms with Crippen LogP contribution in [0.1, 0.15) is 58.8 Å². The zero-order chi connectivity index (χ0) is 14.3. The fraction of sp³-hybridized carbons (Fsp3) is 0.833. The Hall–Kier alpha value is -0.790. The maximum Gasteiger partial charge on any atom is 0.333 e. The molecule has 1 atom stereocenters. The van der Waals surface area contributed by atoms with Crippen LogP contribution in [0.15, 0.2) is 12.2 Å². The highest BCUT2D eigenvalue weighted by Crippen LogP contribution is 2.63. The van der Waals surface area contributed by atoms with Crippen molar-refractivity contribution in [3.63, 3.8) is 0 Å². The van der Waals surface area contributed by atoms with Gasteiger partial charge in [-0.25, -0.2) is 4.79 Å². The Morgan fingerprint density at radius 2 is 1.70 bits per heavy atom. The second-order valence-corrected chi connectivity index (χ2v) is 7.66. The summed E-state index contributed by atoms with van der Waals surface area (Å²) in [5.74, 6) is 2.89. The Labute approximate surface area is 123 Å². The van der Waals surface area contributed by atoms with Gasteiger partial charge in [0.2, 0.25) is 0 Å². The van der Waals surface area contributed by atoms with Gasteiger partial charge < -0.3 is 4.74 Å². The standard InChI is InChI=1S/C18H28O2/c1-4-5-20-17(19)12(2)13(3)18-9-14-6-15(10-18)8-16(7-14)11-18/h13-16H,2,4-11H2,1,3H3. The van der Waals surface area contributed by atoms with Crippen molar-refractivity contribution in [2.45, 2.75) is 58.8 Å². The third kappa shape index (κ3) is 2.31. The number of carbonyl (C=O) groups excluding carboxylic acids is 1. The van der Waals surface area contributed by atoms with Gasteiger partial charge in [-0.2, -0.15) is 0 Å². The second kappa shape index (κ2) is 5.20. The quantitative estimate of drug-likeness (QED) is 0.551. The fourth-order valence-corrected chi connectivity index (χ4v) is 5.54. The summed E-state index contributed by atoms with van der Waals surface area (Å²) in [7, 11) is 0. The zero-order valence-corrected chi connectivity index (χ0v) is 13.0. The lowest BCUT2D eigenvalue weighted by Gasteiger charge is -2.59. The highest BCUT2D eigenvalue weighted by Gasteiger charge is 2.53. The molecule has 20 heavy (non-hydrogen) atoms. The molecule has 0 amide bonds. The predicted octanol–water partition coefficient (Wildman–Crippen LogP) is 4.35. The van der Waals surface area contributed by atoms with E-state index in [2.05, 4.69) is 13.5 Å². The molecule has 0 aromatic rings. The summed E-state index contributed by atoms with van der Waals surface area (Å²) in [6.45, 7) is 8.86. The maximum absolute atomic E-state index is 12.1. The van der Waals surface area contributed by atoms with E-state index in [9.17, 15) is 4.79 Å². The van der Waals surface area contributed by atoms with Crippen LogP contribution in [-0.2, 0) is 9.53 Å². The SMILES string of the molecule is C=C(C(=O)OCCC)C(C)C12CC3CC(CC(C3)C1)C2. The lowest BCUT2D eigenvalue weighted by Crippen LogP contribution is -2.49.